The first-order valence-corrected chi connectivity index (χ1v) is 12.4. The zero-order valence-electron chi connectivity index (χ0n) is 19.8. The van der Waals surface area contributed by atoms with Gasteiger partial charge in [-0.1, -0.05) is 41.4 Å². The Morgan fingerprint density at radius 2 is 1.77 bits per heavy atom. The minimum Gasteiger partial charge on any atom is -0.493 e. The van der Waals surface area contributed by atoms with Crippen LogP contribution in [0.2, 0.25) is 5.02 Å². The summed E-state index contributed by atoms with van der Waals surface area (Å²) in [6, 6.07) is 16.5. The zero-order valence-corrected chi connectivity index (χ0v) is 21.4. The molecular formula is C25H26ClN3O5S. The van der Waals surface area contributed by atoms with Crippen molar-refractivity contribution >= 4 is 39.4 Å². The Hall–Kier alpha value is -3.56. The molecule has 0 radical (unpaired) electrons. The smallest absolute Gasteiger partial charge is 0.264 e. The first kappa shape index (κ1) is 26.1. The minimum absolute atomic E-state index is 0.0555. The van der Waals surface area contributed by atoms with Gasteiger partial charge in [-0.3, -0.25) is 9.10 Å². The molecule has 3 rings (SSSR count). The molecule has 0 saturated carbocycles. The van der Waals surface area contributed by atoms with E-state index in [0.29, 0.717) is 33.3 Å². The topological polar surface area (TPSA) is 97.3 Å². The van der Waals surface area contributed by atoms with E-state index in [1.807, 2.05) is 6.92 Å². The van der Waals surface area contributed by atoms with Gasteiger partial charge in [0.25, 0.3) is 15.9 Å². The zero-order chi connectivity index (χ0) is 25.6. The summed E-state index contributed by atoms with van der Waals surface area (Å²) >= 11 is 6.15. The van der Waals surface area contributed by atoms with Gasteiger partial charge < -0.3 is 9.47 Å². The van der Waals surface area contributed by atoms with Gasteiger partial charge in [0.05, 0.1) is 31.0 Å². The van der Waals surface area contributed by atoms with Crippen LogP contribution in [0.5, 0.6) is 11.5 Å². The van der Waals surface area contributed by atoms with Gasteiger partial charge in [-0.25, -0.2) is 13.8 Å². The summed E-state index contributed by atoms with van der Waals surface area (Å²) in [5.41, 5.74) is 4.80. The highest BCUT2D eigenvalue weighted by Crippen LogP contribution is 2.30. The number of hydrogen-bond acceptors (Lipinski definition) is 6. The lowest BCUT2D eigenvalue weighted by atomic mass is 10.2. The van der Waals surface area contributed by atoms with Gasteiger partial charge in [0.1, 0.15) is 6.54 Å². The number of methoxy groups -OCH3 is 2. The number of nitrogens with zero attached hydrogens (tertiary/aromatic N) is 2. The Labute approximate surface area is 210 Å². The van der Waals surface area contributed by atoms with Gasteiger partial charge in [-0.15, -0.1) is 0 Å². The van der Waals surface area contributed by atoms with E-state index >= 15 is 0 Å². The third-order valence-electron chi connectivity index (χ3n) is 5.16. The highest BCUT2D eigenvalue weighted by Gasteiger charge is 2.28. The minimum atomic E-state index is -4.08. The fourth-order valence-corrected chi connectivity index (χ4v) is 4.99. The van der Waals surface area contributed by atoms with Gasteiger partial charge in [0, 0.05) is 10.6 Å². The van der Waals surface area contributed by atoms with Crippen molar-refractivity contribution in [2.75, 3.05) is 25.1 Å². The normalized spacial score (nSPS) is 11.3. The van der Waals surface area contributed by atoms with E-state index in [-0.39, 0.29) is 4.90 Å². The van der Waals surface area contributed by atoms with Crippen molar-refractivity contribution in [1.29, 1.82) is 0 Å². The number of nitrogens with one attached hydrogen (secondary N) is 1. The van der Waals surface area contributed by atoms with E-state index < -0.39 is 22.5 Å². The molecule has 184 valence electrons. The van der Waals surface area contributed by atoms with Crippen molar-refractivity contribution < 1.29 is 22.7 Å². The molecule has 0 unspecified atom stereocenters. The van der Waals surface area contributed by atoms with Crippen LogP contribution in [0.1, 0.15) is 16.7 Å². The van der Waals surface area contributed by atoms with E-state index in [1.54, 1.807) is 49.4 Å². The van der Waals surface area contributed by atoms with Crippen LogP contribution < -0.4 is 19.2 Å². The van der Waals surface area contributed by atoms with Crippen LogP contribution in [-0.4, -0.2) is 41.3 Å². The molecule has 0 fully saturated rings. The molecule has 3 aromatic carbocycles. The van der Waals surface area contributed by atoms with Crippen molar-refractivity contribution in [2.45, 2.75) is 18.7 Å². The van der Waals surface area contributed by atoms with Crippen LogP contribution in [0.25, 0.3) is 0 Å². The van der Waals surface area contributed by atoms with Gasteiger partial charge >= 0.3 is 0 Å². The lowest BCUT2D eigenvalue weighted by Gasteiger charge is -2.25. The fourth-order valence-electron chi connectivity index (χ4n) is 3.34. The molecule has 0 atom stereocenters. The first-order valence-electron chi connectivity index (χ1n) is 10.6. The van der Waals surface area contributed by atoms with E-state index in [1.165, 1.54) is 38.6 Å². The number of aryl methyl sites for hydroxylation is 2. The van der Waals surface area contributed by atoms with E-state index in [4.69, 9.17) is 21.1 Å². The lowest BCUT2D eigenvalue weighted by molar-refractivity contribution is -0.119. The SMILES string of the molecule is COc1cccc(/C=N\NC(=O)CN(c2cc(Cl)ccc2C)S(=O)(=O)c2ccc(C)cc2)c1OC. The number of rotatable bonds is 9. The number of sulfonamides is 1. The summed E-state index contributed by atoms with van der Waals surface area (Å²) in [6.07, 6.45) is 1.39. The van der Waals surface area contributed by atoms with E-state index in [9.17, 15) is 13.2 Å². The maximum atomic E-state index is 13.5. The number of hydrogen-bond donors (Lipinski definition) is 1. The predicted molar refractivity (Wildman–Crippen MR) is 137 cm³/mol. The summed E-state index contributed by atoms with van der Waals surface area (Å²) in [7, 11) is -1.07. The number of ether oxygens (including phenoxy) is 2. The molecule has 1 amide bonds. The second kappa shape index (κ2) is 11.2. The largest absolute Gasteiger partial charge is 0.493 e. The number of para-hydroxylation sites is 1. The molecule has 8 nitrogen and oxygen atoms in total. The maximum absolute atomic E-state index is 13.5. The van der Waals surface area contributed by atoms with Crippen LogP contribution in [-0.2, 0) is 14.8 Å². The van der Waals surface area contributed by atoms with Crippen molar-refractivity contribution in [2.24, 2.45) is 5.10 Å². The summed E-state index contributed by atoms with van der Waals surface area (Å²) in [4.78, 5) is 12.9. The molecule has 0 spiro atoms. The Morgan fingerprint density at radius 3 is 2.43 bits per heavy atom. The summed E-state index contributed by atoms with van der Waals surface area (Å²) in [5.74, 6) is 0.318. The Bertz CT molecular complexity index is 1340. The number of benzene rings is 3. The van der Waals surface area contributed by atoms with E-state index in [2.05, 4.69) is 10.5 Å². The molecule has 0 bridgehead atoms. The molecule has 0 aliphatic carbocycles. The Balaban J connectivity index is 1.90. The van der Waals surface area contributed by atoms with Crippen LogP contribution in [0.3, 0.4) is 0 Å². The summed E-state index contributed by atoms with van der Waals surface area (Å²) in [6.45, 7) is 3.09. The number of carbonyl (C=O) groups is 1. The molecule has 1 N–H and O–H groups in total. The highest BCUT2D eigenvalue weighted by molar-refractivity contribution is 7.92. The second-order valence-electron chi connectivity index (χ2n) is 7.63. The number of carbonyl (C=O) groups excluding carboxylic acids is 1. The molecule has 0 aromatic heterocycles. The maximum Gasteiger partial charge on any atom is 0.264 e. The fraction of sp³-hybridized carbons (Fsp3) is 0.200. The van der Waals surface area contributed by atoms with Gasteiger partial charge in [0.2, 0.25) is 0 Å². The van der Waals surface area contributed by atoms with Crippen LogP contribution in [0.4, 0.5) is 5.69 Å². The molecule has 0 aliphatic rings. The number of halogens is 1. The van der Waals surface area contributed by atoms with Crippen molar-refractivity contribution in [1.82, 2.24) is 5.43 Å². The molecule has 10 heteroatoms. The Morgan fingerprint density at radius 1 is 1.06 bits per heavy atom. The van der Waals surface area contributed by atoms with Crippen LogP contribution in [0, 0.1) is 13.8 Å². The first-order chi connectivity index (χ1) is 16.7. The van der Waals surface area contributed by atoms with Crippen LogP contribution in [0.15, 0.2) is 70.7 Å². The molecule has 0 heterocycles. The quantitative estimate of drug-likeness (QED) is 0.338. The standard InChI is InChI=1S/C25H26ClN3O5S/c1-17-8-12-21(13-9-17)35(31,32)29(22-14-20(26)11-10-18(22)2)16-24(30)28-27-15-19-6-5-7-23(33-3)25(19)34-4/h5-15H,16H2,1-4H3,(H,28,30)/b27-15-. The molecule has 0 saturated heterocycles. The average molecular weight is 516 g/mol. The number of amides is 1. The van der Waals surface area contributed by atoms with Crippen molar-refractivity contribution in [3.8, 4) is 11.5 Å². The predicted octanol–water partition coefficient (Wildman–Crippen LogP) is 4.32. The van der Waals surface area contributed by atoms with Crippen molar-refractivity contribution in [3.05, 3.63) is 82.4 Å². The molecule has 0 aliphatic heterocycles. The molecule has 3 aromatic rings. The van der Waals surface area contributed by atoms with Gasteiger partial charge in [0.15, 0.2) is 11.5 Å². The second-order valence-corrected chi connectivity index (χ2v) is 9.93. The molecule has 35 heavy (non-hydrogen) atoms. The summed E-state index contributed by atoms with van der Waals surface area (Å²) < 4.78 is 38.7. The Kier molecular flexibility index (Phi) is 8.37. The average Bonchev–Trinajstić information content (AvgIpc) is 2.84. The lowest BCUT2D eigenvalue weighted by Crippen LogP contribution is -2.40. The number of hydrazone groups is 1. The van der Waals surface area contributed by atoms with Crippen LogP contribution >= 0.6 is 11.6 Å². The third kappa shape index (κ3) is 6.12. The summed E-state index contributed by atoms with van der Waals surface area (Å²) in [5, 5.41) is 4.32. The monoisotopic (exact) mass is 515 g/mol. The van der Waals surface area contributed by atoms with Gasteiger partial charge in [-0.05, 0) is 55.8 Å². The third-order valence-corrected chi connectivity index (χ3v) is 7.17. The highest BCUT2D eigenvalue weighted by atomic mass is 35.5. The van der Waals surface area contributed by atoms with Gasteiger partial charge in [-0.2, -0.15) is 5.10 Å². The molecular weight excluding hydrogens is 490 g/mol. The number of anilines is 1. The van der Waals surface area contributed by atoms with Crippen molar-refractivity contribution in [3.63, 3.8) is 0 Å². The van der Waals surface area contributed by atoms with E-state index in [0.717, 1.165) is 9.87 Å².